The zero-order valence-corrected chi connectivity index (χ0v) is 24.9. The van der Waals surface area contributed by atoms with E-state index in [0.29, 0.717) is 5.92 Å². The maximum Gasteiger partial charge on any atom is 0.127 e. The van der Waals surface area contributed by atoms with Gasteiger partial charge in [0.25, 0.3) is 0 Å². The van der Waals surface area contributed by atoms with Crippen LogP contribution >= 0.6 is 11.3 Å². The van der Waals surface area contributed by atoms with Crippen molar-refractivity contribution in [1.29, 1.82) is 0 Å². The van der Waals surface area contributed by atoms with Crippen molar-refractivity contribution in [3.8, 4) is 17.6 Å². The van der Waals surface area contributed by atoms with Gasteiger partial charge < -0.3 is 9.64 Å². The Morgan fingerprint density at radius 3 is 2.29 bits per heavy atom. The molecule has 0 radical (unpaired) electrons. The average Bonchev–Trinajstić information content (AvgIpc) is 3.28. The van der Waals surface area contributed by atoms with E-state index in [0.717, 1.165) is 49.8 Å². The quantitative estimate of drug-likeness (QED) is 0.183. The summed E-state index contributed by atoms with van der Waals surface area (Å²) < 4.78 is 6.02. The minimum Gasteiger partial charge on any atom is -0.462 e. The fourth-order valence-electron chi connectivity index (χ4n) is 4.55. The lowest BCUT2D eigenvalue weighted by Crippen LogP contribution is -2.25. The second kappa shape index (κ2) is 13.0. The first-order valence-electron chi connectivity index (χ1n) is 13.5. The number of hydrogen-bond donors (Lipinski definition) is 0. The first kappa shape index (κ1) is 29.3. The van der Waals surface area contributed by atoms with E-state index >= 15 is 0 Å². The van der Waals surface area contributed by atoms with Crippen molar-refractivity contribution in [2.24, 2.45) is 17.3 Å². The highest BCUT2D eigenvalue weighted by atomic mass is 32.1. The van der Waals surface area contributed by atoms with Gasteiger partial charge in [-0.15, -0.1) is 11.3 Å². The van der Waals surface area contributed by atoms with E-state index in [1.807, 2.05) is 37.3 Å². The van der Waals surface area contributed by atoms with E-state index in [4.69, 9.17) is 4.74 Å². The minimum absolute atomic E-state index is 0.0561. The fraction of sp³-hybridized carbons (Fsp3) is 0.371. The molecule has 0 saturated heterocycles. The van der Waals surface area contributed by atoms with E-state index in [2.05, 4.69) is 89.3 Å². The molecule has 1 aromatic carbocycles. The second-order valence-corrected chi connectivity index (χ2v) is 12.4. The number of nitrogens with zero attached hydrogens (tertiary/aromatic N) is 1. The number of rotatable bonds is 9. The average molecular weight is 526 g/mol. The van der Waals surface area contributed by atoms with Crippen LogP contribution in [-0.2, 0) is 0 Å². The molecule has 3 heteroatoms. The number of thiophene rings is 1. The van der Waals surface area contributed by atoms with Gasteiger partial charge in [-0.2, -0.15) is 0 Å². The molecule has 3 rings (SSSR count). The van der Waals surface area contributed by atoms with Crippen molar-refractivity contribution in [3.05, 3.63) is 95.6 Å². The Kier molecular flexibility index (Phi) is 10.1. The van der Waals surface area contributed by atoms with Crippen LogP contribution in [0.25, 0.3) is 5.57 Å². The van der Waals surface area contributed by atoms with Gasteiger partial charge in [-0.3, -0.25) is 0 Å². The molecule has 1 saturated carbocycles. The van der Waals surface area contributed by atoms with Gasteiger partial charge in [-0.1, -0.05) is 69.6 Å². The Morgan fingerprint density at radius 2 is 1.71 bits per heavy atom. The minimum atomic E-state index is -0.0561. The molecule has 0 spiro atoms. The molecule has 0 atom stereocenters. The SMILES string of the molecule is C=C/C=C\C=C(/C)Oc1ccc(N(C(=C)C2CCC(C)CC2)c2cc(C#CC(C)(C)C)sc2C(=C)C)cc1. The van der Waals surface area contributed by atoms with Gasteiger partial charge in [-0.25, -0.2) is 0 Å². The van der Waals surface area contributed by atoms with Crippen LogP contribution in [0.5, 0.6) is 5.75 Å². The molecule has 0 N–H and O–H groups in total. The highest BCUT2D eigenvalue weighted by Gasteiger charge is 2.28. The number of hydrogen-bond acceptors (Lipinski definition) is 3. The van der Waals surface area contributed by atoms with Gasteiger partial charge in [0.1, 0.15) is 11.5 Å². The van der Waals surface area contributed by atoms with Crippen molar-refractivity contribution in [2.45, 2.75) is 67.2 Å². The van der Waals surface area contributed by atoms with Crippen LogP contribution in [0.4, 0.5) is 11.4 Å². The van der Waals surface area contributed by atoms with Crippen LogP contribution in [0.1, 0.15) is 77.0 Å². The second-order valence-electron chi connectivity index (χ2n) is 11.4. The first-order valence-corrected chi connectivity index (χ1v) is 14.4. The summed E-state index contributed by atoms with van der Waals surface area (Å²) in [6.45, 7) is 25.5. The van der Waals surface area contributed by atoms with Crippen LogP contribution in [0.15, 0.2) is 85.8 Å². The summed E-state index contributed by atoms with van der Waals surface area (Å²) >= 11 is 1.72. The lowest BCUT2D eigenvalue weighted by Gasteiger charge is -2.35. The zero-order chi connectivity index (χ0) is 27.9. The summed E-state index contributed by atoms with van der Waals surface area (Å²) in [6, 6.07) is 10.5. The number of ether oxygens (including phenoxy) is 1. The molecule has 2 aromatic rings. The van der Waals surface area contributed by atoms with E-state index in [1.54, 1.807) is 17.4 Å². The fourth-order valence-corrected chi connectivity index (χ4v) is 5.47. The Labute approximate surface area is 235 Å². The Morgan fingerprint density at radius 1 is 1.05 bits per heavy atom. The molecule has 0 amide bonds. The van der Waals surface area contributed by atoms with Crippen LogP contribution in [0.3, 0.4) is 0 Å². The monoisotopic (exact) mass is 525 g/mol. The summed E-state index contributed by atoms with van der Waals surface area (Å²) in [5, 5.41) is 0. The van der Waals surface area contributed by atoms with Crippen LogP contribution < -0.4 is 9.64 Å². The highest BCUT2D eigenvalue weighted by molar-refractivity contribution is 7.14. The molecule has 1 fully saturated rings. The highest BCUT2D eigenvalue weighted by Crippen LogP contribution is 2.44. The number of benzene rings is 1. The molecule has 2 nitrogen and oxygen atoms in total. The first-order chi connectivity index (χ1) is 18.0. The van der Waals surface area contributed by atoms with Crippen LogP contribution in [0.2, 0.25) is 0 Å². The summed E-state index contributed by atoms with van der Waals surface area (Å²) in [6.07, 6.45) is 12.3. The Balaban J connectivity index is 2.03. The standard InChI is InChI=1S/C35H43NOS/c1-10-11-12-13-27(5)37-31-20-18-30(19-21-31)36(28(6)29-16-14-26(4)15-17-29)33-24-32(22-23-35(7,8)9)38-34(33)25(2)3/h10-13,18-21,24,26,29H,1-2,6,14-17H2,3-5,7-9H3/b12-11-,27-13+. The van der Waals surface area contributed by atoms with E-state index in [-0.39, 0.29) is 5.41 Å². The molecule has 0 aliphatic heterocycles. The van der Waals surface area contributed by atoms with Gasteiger partial charge >= 0.3 is 0 Å². The molecule has 0 bridgehead atoms. The molecular formula is C35H43NOS. The lowest BCUT2D eigenvalue weighted by atomic mass is 9.81. The Bertz CT molecular complexity index is 1260. The summed E-state index contributed by atoms with van der Waals surface area (Å²) in [5.74, 6) is 9.66. The van der Waals surface area contributed by atoms with Gasteiger partial charge in [0.15, 0.2) is 0 Å². The van der Waals surface area contributed by atoms with Crippen LogP contribution in [-0.4, -0.2) is 0 Å². The number of anilines is 2. The van der Waals surface area contributed by atoms with Crippen molar-refractivity contribution < 1.29 is 4.74 Å². The van der Waals surface area contributed by atoms with Gasteiger partial charge in [-0.05, 0) is 101 Å². The van der Waals surface area contributed by atoms with E-state index in [1.165, 1.54) is 25.7 Å². The summed E-state index contributed by atoms with van der Waals surface area (Å²) in [4.78, 5) is 4.54. The predicted octanol–water partition coefficient (Wildman–Crippen LogP) is 10.7. The van der Waals surface area contributed by atoms with Crippen molar-refractivity contribution in [2.75, 3.05) is 4.90 Å². The lowest BCUT2D eigenvalue weighted by molar-refractivity contribution is 0.319. The molecule has 38 heavy (non-hydrogen) atoms. The van der Waals surface area contributed by atoms with Gasteiger partial charge in [0, 0.05) is 16.8 Å². The van der Waals surface area contributed by atoms with Crippen molar-refractivity contribution in [1.82, 2.24) is 0 Å². The largest absolute Gasteiger partial charge is 0.462 e. The number of allylic oxidation sites excluding steroid dienone is 7. The smallest absolute Gasteiger partial charge is 0.127 e. The third-order valence-corrected chi connectivity index (χ3v) is 7.83. The van der Waals surface area contributed by atoms with Gasteiger partial charge in [0.2, 0.25) is 0 Å². The van der Waals surface area contributed by atoms with Crippen LogP contribution in [0, 0.1) is 29.1 Å². The molecule has 1 aliphatic rings. The maximum absolute atomic E-state index is 6.02. The molecule has 0 unspecified atom stereocenters. The maximum atomic E-state index is 6.02. The zero-order valence-electron chi connectivity index (χ0n) is 24.1. The van der Waals surface area contributed by atoms with Crippen molar-refractivity contribution >= 4 is 28.3 Å². The molecule has 200 valence electrons. The summed E-state index contributed by atoms with van der Waals surface area (Å²) in [5.41, 5.74) is 4.32. The molecule has 1 heterocycles. The molecular weight excluding hydrogens is 482 g/mol. The third kappa shape index (κ3) is 8.14. The Hall–Kier alpha value is -3.22. The van der Waals surface area contributed by atoms with E-state index < -0.39 is 0 Å². The van der Waals surface area contributed by atoms with Gasteiger partial charge in [0.05, 0.1) is 15.4 Å². The third-order valence-electron chi connectivity index (χ3n) is 6.63. The molecule has 1 aromatic heterocycles. The normalized spacial score (nSPS) is 18.0. The van der Waals surface area contributed by atoms with Crippen molar-refractivity contribution in [3.63, 3.8) is 0 Å². The summed E-state index contributed by atoms with van der Waals surface area (Å²) in [7, 11) is 0. The van der Waals surface area contributed by atoms with E-state index in [9.17, 15) is 0 Å². The molecule has 1 aliphatic carbocycles. The predicted molar refractivity (Wildman–Crippen MR) is 168 cm³/mol. The topological polar surface area (TPSA) is 12.5 Å².